The summed E-state index contributed by atoms with van der Waals surface area (Å²) in [5.74, 6) is 0.657. The first-order valence-electron chi connectivity index (χ1n) is 12.7. The molecule has 0 amide bonds. The molecule has 0 aliphatic rings. The van der Waals surface area contributed by atoms with E-state index in [0.717, 1.165) is 17.5 Å². The molecule has 0 saturated heterocycles. The fourth-order valence-corrected chi connectivity index (χ4v) is 4.26. The van der Waals surface area contributed by atoms with E-state index in [0.29, 0.717) is 41.2 Å². The SMILES string of the molecule is CCCCCc1ccc(-c2ccc(C(=O)c3cc4c(OCC)cc(OCC)cc4oc3=O)cc2)cc1. The van der Waals surface area contributed by atoms with Crippen LogP contribution in [0.2, 0.25) is 0 Å². The number of benzene rings is 3. The molecule has 3 aromatic carbocycles. The summed E-state index contributed by atoms with van der Waals surface area (Å²) in [6.07, 6.45) is 4.75. The van der Waals surface area contributed by atoms with Gasteiger partial charge in [0.25, 0.3) is 0 Å². The number of rotatable bonds is 11. The first-order chi connectivity index (χ1) is 17.5. The first-order valence-corrected chi connectivity index (χ1v) is 12.7. The Morgan fingerprint density at radius 2 is 1.47 bits per heavy atom. The van der Waals surface area contributed by atoms with Gasteiger partial charge in [0, 0.05) is 17.7 Å². The van der Waals surface area contributed by atoms with Gasteiger partial charge in [-0.1, -0.05) is 68.3 Å². The van der Waals surface area contributed by atoms with Crippen molar-refractivity contribution in [1.29, 1.82) is 0 Å². The molecule has 186 valence electrons. The zero-order chi connectivity index (χ0) is 25.5. The van der Waals surface area contributed by atoms with Gasteiger partial charge >= 0.3 is 5.63 Å². The largest absolute Gasteiger partial charge is 0.494 e. The van der Waals surface area contributed by atoms with Gasteiger partial charge in [0.2, 0.25) is 0 Å². The van der Waals surface area contributed by atoms with Gasteiger partial charge in [-0.3, -0.25) is 4.79 Å². The van der Waals surface area contributed by atoms with Gasteiger partial charge < -0.3 is 13.9 Å². The highest BCUT2D eigenvalue weighted by molar-refractivity contribution is 6.10. The molecular formula is C31H32O5. The number of aryl methyl sites for hydroxylation is 1. The summed E-state index contributed by atoms with van der Waals surface area (Å²) in [6.45, 7) is 6.84. The third-order valence-corrected chi connectivity index (χ3v) is 6.15. The van der Waals surface area contributed by atoms with Gasteiger partial charge in [0.1, 0.15) is 22.6 Å². The molecule has 5 nitrogen and oxygen atoms in total. The smallest absolute Gasteiger partial charge is 0.347 e. The normalized spacial score (nSPS) is 11.0. The van der Waals surface area contributed by atoms with Crippen molar-refractivity contribution in [1.82, 2.24) is 0 Å². The number of fused-ring (bicyclic) bond motifs is 1. The maximum atomic E-state index is 13.2. The van der Waals surface area contributed by atoms with Crippen molar-refractivity contribution in [3.63, 3.8) is 0 Å². The van der Waals surface area contributed by atoms with Crippen molar-refractivity contribution in [2.24, 2.45) is 0 Å². The van der Waals surface area contributed by atoms with Gasteiger partial charge in [-0.25, -0.2) is 4.79 Å². The summed E-state index contributed by atoms with van der Waals surface area (Å²) in [5, 5.41) is 0.555. The van der Waals surface area contributed by atoms with Crippen LogP contribution in [0.25, 0.3) is 22.1 Å². The molecule has 0 aliphatic carbocycles. The van der Waals surface area contributed by atoms with Gasteiger partial charge in [-0.05, 0) is 49.4 Å². The van der Waals surface area contributed by atoms with E-state index in [-0.39, 0.29) is 11.3 Å². The van der Waals surface area contributed by atoms with Crippen LogP contribution < -0.4 is 15.1 Å². The van der Waals surface area contributed by atoms with Crippen molar-refractivity contribution < 1.29 is 18.7 Å². The molecule has 4 rings (SSSR count). The number of unbranched alkanes of at least 4 members (excludes halogenated alkanes) is 2. The van der Waals surface area contributed by atoms with Gasteiger partial charge in [0.15, 0.2) is 5.78 Å². The average molecular weight is 485 g/mol. The quantitative estimate of drug-likeness (QED) is 0.128. The first kappa shape index (κ1) is 25.2. The molecule has 5 heteroatoms. The third-order valence-electron chi connectivity index (χ3n) is 6.15. The number of ether oxygens (including phenoxy) is 2. The maximum Gasteiger partial charge on any atom is 0.347 e. The second-order valence-electron chi connectivity index (χ2n) is 8.71. The Labute approximate surface area is 211 Å². The number of ketones is 1. The number of hydrogen-bond acceptors (Lipinski definition) is 5. The van der Waals surface area contributed by atoms with Gasteiger partial charge in [0.05, 0.1) is 18.6 Å². The summed E-state index contributed by atoms with van der Waals surface area (Å²) in [7, 11) is 0. The zero-order valence-electron chi connectivity index (χ0n) is 21.1. The molecule has 0 fully saturated rings. The second-order valence-corrected chi connectivity index (χ2v) is 8.71. The molecule has 0 N–H and O–H groups in total. The second kappa shape index (κ2) is 11.7. The molecule has 4 aromatic rings. The van der Waals surface area contributed by atoms with E-state index in [1.165, 1.54) is 24.8 Å². The topological polar surface area (TPSA) is 65.7 Å². The molecule has 0 aliphatic heterocycles. The highest BCUT2D eigenvalue weighted by Crippen LogP contribution is 2.32. The molecule has 0 unspecified atom stereocenters. The van der Waals surface area contributed by atoms with E-state index < -0.39 is 5.63 Å². The monoisotopic (exact) mass is 484 g/mol. The van der Waals surface area contributed by atoms with Crippen molar-refractivity contribution in [2.75, 3.05) is 13.2 Å². The molecule has 0 radical (unpaired) electrons. The summed E-state index contributed by atoms with van der Waals surface area (Å²) >= 11 is 0. The fourth-order valence-electron chi connectivity index (χ4n) is 4.26. The van der Waals surface area contributed by atoms with E-state index in [9.17, 15) is 9.59 Å². The van der Waals surface area contributed by atoms with Crippen LogP contribution in [0, 0.1) is 0 Å². The van der Waals surface area contributed by atoms with Crippen molar-refractivity contribution >= 4 is 16.8 Å². The Hall–Kier alpha value is -3.86. The van der Waals surface area contributed by atoms with E-state index in [1.54, 1.807) is 30.3 Å². The summed E-state index contributed by atoms with van der Waals surface area (Å²) in [6, 6.07) is 20.8. The van der Waals surface area contributed by atoms with Crippen LogP contribution in [0.4, 0.5) is 0 Å². The number of carbonyl (C=O) groups excluding carboxylic acids is 1. The van der Waals surface area contributed by atoms with E-state index in [1.807, 2.05) is 26.0 Å². The van der Waals surface area contributed by atoms with Gasteiger partial charge in [-0.2, -0.15) is 0 Å². The minimum absolute atomic E-state index is 0.0307. The Kier molecular flexibility index (Phi) is 8.21. The molecule has 36 heavy (non-hydrogen) atoms. The molecule has 1 aromatic heterocycles. The highest BCUT2D eigenvalue weighted by atomic mass is 16.5. The third kappa shape index (κ3) is 5.68. The van der Waals surface area contributed by atoms with Crippen LogP contribution in [-0.4, -0.2) is 19.0 Å². The maximum absolute atomic E-state index is 13.2. The Morgan fingerprint density at radius 3 is 2.11 bits per heavy atom. The van der Waals surface area contributed by atoms with E-state index in [2.05, 4.69) is 31.2 Å². The van der Waals surface area contributed by atoms with Crippen LogP contribution in [0.15, 0.2) is 75.9 Å². The van der Waals surface area contributed by atoms with Crippen LogP contribution >= 0.6 is 0 Å². The van der Waals surface area contributed by atoms with Gasteiger partial charge in [-0.15, -0.1) is 0 Å². The number of carbonyl (C=O) groups is 1. The lowest BCUT2D eigenvalue weighted by atomic mass is 9.98. The van der Waals surface area contributed by atoms with Crippen molar-refractivity contribution in [2.45, 2.75) is 46.5 Å². The van der Waals surface area contributed by atoms with E-state index >= 15 is 0 Å². The lowest BCUT2D eigenvalue weighted by Crippen LogP contribution is -2.15. The predicted octanol–water partition coefficient (Wildman–Crippen LogP) is 7.22. The summed E-state index contributed by atoms with van der Waals surface area (Å²) in [4.78, 5) is 26.0. The molecule has 0 bridgehead atoms. The van der Waals surface area contributed by atoms with Crippen LogP contribution in [-0.2, 0) is 6.42 Å². The van der Waals surface area contributed by atoms with Crippen LogP contribution in [0.5, 0.6) is 11.5 Å². The Bertz CT molecular complexity index is 1380. The molecule has 1 heterocycles. The zero-order valence-corrected chi connectivity index (χ0v) is 21.1. The van der Waals surface area contributed by atoms with Crippen molar-refractivity contribution in [3.05, 3.63) is 93.8 Å². The molecule has 0 saturated carbocycles. The highest BCUT2D eigenvalue weighted by Gasteiger charge is 2.19. The molecular weight excluding hydrogens is 452 g/mol. The summed E-state index contributed by atoms with van der Waals surface area (Å²) < 4.78 is 16.8. The fraction of sp³-hybridized carbons (Fsp3) is 0.290. The minimum atomic E-state index is -0.689. The van der Waals surface area contributed by atoms with Crippen molar-refractivity contribution in [3.8, 4) is 22.6 Å². The lowest BCUT2D eigenvalue weighted by Gasteiger charge is -2.11. The Morgan fingerprint density at radius 1 is 0.806 bits per heavy atom. The van der Waals surface area contributed by atoms with E-state index in [4.69, 9.17) is 13.9 Å². The van der Waals surface area contributed by atoms with Crippen LogP contribution in [0.1, 0.15) is 61.5 Å². The number of hydrogen-bond donors (Lipinski definition) is 0. The molecule has 0 spiro atoms. The van der Waals surface area contributed by atoms with Crippen LogP contribution in [0.3, 0.4) is 0 Å². The Balaban J connectivity index is 1.59. The minimum Gasteiger partial charge on any atom is -0.494 e. The predicted molar refractivity (Wildman–Crippen MR) is 143 cm³/mol. The molecule has 0 atom stereocenters. The lowest BCUT2D eigenvalue weighted by molar-refractivity contribution is 0.103. The standard InChI is InChI=1S/C31H32O5/c1-4-7-8-9-21-10-12-22(13-11-21)23-14-16-24(17-15-23)30(32)27-20-26-28(35-6-3)18-25(34-5-2)19-29(26)36-31(27)33/h10-20H,4-9H2,1-3H3. The summed E-state index contributed by atoms with van der Waals surface area (Å²) in [5.41, 5.74) is 3.46. The average Bonchev–Trinajstić information content (AvgIpc) is 2.89.